The maximum Gasteiger partial charge on any atom is 0.0529 e. The van der Waals surface area contributed by atoms with Gasteiger partial charge in [-0.3, -0.25) is 4.21 Å². The highest BCUT2D eigenvalue weighted by Crippen LogP contribution is 2.23. The minimum atomic E-state index is -0.857. The summed E-state index contributed by atoms with van der Waals surface area (Å²) in [6.07, 6.45) is 3.33. The second kappa shape index (κ2) is 8.70. The van der Waals surface area contributed by atoms with E-state index < -0.39 is 10.8 Å². The van der Waals surface area contributed by atoms with Crippen molar-refractivity contribution in [2.75, 3.05) is 12.3 Å². The normalized spacial score (nSPS) is 14.9. The van der Waals surface area contributed by atoms with Crippen molar-refractivity contribution >= 4 is 10.8 Å². The highest BCUT2D eigenvalue weighted by Gasteiger charge is 2.13. The first-order valence-corrected chi connectivity index (χ1v) is 9.38. The van der Waals surface area contributed by atoms with Crippen LogP contribution in [0.3, 0.4) is 0 Å². The molecule has 1 N–H and O–H groups in total. The van der Waals surface area contributed by atoms with Crippen molar-refractivity contribution in [2.24, 2.45) is 0 Å². The molecular formula is C18H31NOS. The SMILES string of the molecule is CCNC(C)CCCCS(=O)c1ccc(C(C)(C)C)cc1. The van der Waals surface area contributed by atoms with Crippen LogP contribution in [-0.4, -0.2) is 22.5 Å². The van der Waals surface area contributed by atoms with E-state index in [1.54, 1.807) is 0 Å². The smallest absolute Gasteiger partial charge is 0.0529 e. The standard InChI is InChI=1S/C18H31NOS/c1-6-19-15(2)9-7-8-14-21(20)17-12-10-16(11-13-17)18(3,4)5/h10-13,15,19H,6-9,14H2,1-5H3. The molecule has 0 bridgehead atoms. The van der Waals surface area contributed by atoms with Crippen LogP contribution in [0.1, 0.15) is 59.4 Å². The lowest BCUT2D eigenvalue weighted by molar-refractivity contribution is 0.509. The van der Waals surface area contributed by atoms with Gasteiger partial charge >= 0.3 is 0 Å². The van der Waals surface area contributed by atoms with E-state index in [1.165, 1.54) is 5.56 Å². The summed E-state index contributed by atoms with van der Waals surface area (Å²) in [7, 11) is -0.857. The maximum absolute atomic E-state index is 12.3. The largest absolute Gasteiger partial charge is 0.315 e. The number of hydrogen-bond donors (Lipinski definition) is 1. The lowest BCUT2D eigenvalue weighted by Gasteiger charge is -2.19. The molecule has 0 fully saturated rings. The Morgan fingerprint density at radius 3 is 2.29 bits per heavy atom. The molecule has 0 saturated heterocycles. The Kier molecular flexibility index (Phi) is 7.61. The molecule has 2 atom stereocenters. The van der Waals surface area contributed by atoms with Gasteiger partial charge in [-0.1, -0.05) is 46.2 Å². The Morgan fingerprint density at radius 2 is 1.76 bits per heavy atom. The highest BCUT2D eigenvalue weighted by atomic mass is 32.2. The zero-order chi connectivity index (χ0) is 15.9. The molecule has 3 heteroatoms. The molecule has 21 heavy (non-hydrogen) atoms. The van der Waals surface area contributed by atoms with E-state index in [9.17, 15) is 4.21 Å². The quantitative estimate of drug-likeness (QED) is 0.727. The molecule has 0 radical (unpaired) electrons. The molecule has 2 nitrogen and oxygen atoms in total. The van der Waals surface area contributed by atoms with E-state index in [4.69, 9.17) is 0 Å². The molecule has 0 heterocycles. The number of unbranched alkanes of at least 4 members (excludes halogenated alkanes) is 1. The molecule has 0 aliphatic heterocycles. The Bertz CT molecular complexity index is 434. The molecule has 2 unspecified atom stereocenters. The van der Waals surface area contributed by atoms with Crippen molar-refractivity contribution < 1.29 is 4.21 Å². The van der Waals surface area contributed by atoms with Crippen LogP contribution in [0.4, 0.5) is 0 Å². The van der Waals surface area contributed by atoms with Gasteiger partial charge in [0.2, 0.25) is 0 Å². The van der Waals surface area contributed by atoms with Crippen molar-refractivity contribution in [3.05, 3.63) is 29.8 Å². The summed E-state index contributed by atoms with van der Waals surface area (Å²) in [5, 5.41) is 3.41. The number of hydrogen-bond acceptors (Lipinski definition) is 2. The predicted molar refractivity (Wildman–Crippen MR) is 93.4 cm³/mol. The molecule has 1 rings (SSSR count). The second-order valence-electron chi connectivity index (χ2n) is 6.78. The first kappa shape index (κ1) is 18.4. The molecule has 0 saturated carbocycles. The Balaban J connectivity index is 2.39. The summed E-state index contributed by atoms with van der Waals surface area (Å²) in [6.45, 7) is 12.0. The Hall–Kier alpha value is -0.670. The van der Waals surface area contributed by atoms with Gasteiger partial charge in [0, 0.05) is 16.7 Å². The Morgan fingerprint density at radius 1 is 1.14 bits per heavy atom. The monoisotopic (exact) mass is 309 g/mol. The van der Waals surface area contributed by atoms with Gasteiger partial charge in [-0.2, -0.15) is 0 Å². The average Bonchev–Trinajstić information content (AvgIpc) is 2.43. The summed E-state index contributed by atoms with van der Waals surface area (Å²) < 4.78 is 12.3. The lowest BCUT2D eigenvalue weighted by atomic mass is 9.87. The minimum absolute atomic E-state index is 0.155. The zero-order valence-electron chi connectivity index (χ0n) is 14.2. The molecular weight excluding hydrogens is 278 g/mol. The number of nitrogens with one attached hydrogen (secondary N) is 1. The van der Waals surface area contributed by atoms with E-state index in [0.717, 1.165) is 36.5 Å². The third kappa shape index (κ3) is 6.75. The van der Waals surface area contributed by atoms with E-state index >= 15 is 0 Å². The topological polar surface area (TPSA) is 29.1 Å². The van der Waals surface area contributed by atoms with Crippen LogP contribution < -0.4 is 5.32 Å². The van der Waals surface area contributed by atoms with Crippen LogP contribution in [0.25, 0.3) is 0 Å². The van der Waals surface area contributed by atoms with Gasteiger partial charge < -0.3 is 5.32 Å². The second-order valence-corrected chi connectivity index (χ2v) is 8.35. The van der Waals surface area contributed by atoms with Gasteiger partial charge in [0.15, 0.2) is 0 Å². The molecule has 1 aromatic carbocycles. The Labute approximate surface area is 133 Å². The van der Waals surface area contributed by atoms with Gasteiger partial charge in [0.25, 0.3) is 0 Å². The third-order valence-corrected chi connectivity index (χ3v) is 5.21. The molecule has 1 aromatic rings. The fourth-order valence-corrected chi connectivity index (χ4v) is 3.50. The lowest BCUT2D eigenvalue weighted by Crippen LogP contribution is -2.25. The number of benzene rings is 1. The minimum Gasteiger partial charge on any atom is -0.315 e. The average molecular weight is 310 g/mol. The molecule has 0 aromatic heterocycles. The van der Waals surface area contributed by atoms with Crippen LogP contribution in [0.5, 0.6) is 0 Å². The molecule has 0 aliphatic carbocycles. The van der Waals surface area contributed by atoms with Crippen molar-refractivity contribution in [1.29, 1.82) is 0 Å². The van der Waals surface area contributed by atoms with Gasteiger partial charge in [-0.15, -0.1) is 0 Å². The van der Waals surface area contributed by atoms with Crippen LogP contribution in [0, 0.1) is 0 Å². The summed E-state index contributed by atoms with van der Waals surface area (Å²) in [5.74, 6) is 0.772. The summed E-state index contributed by atoms with van der Waals surface area (Å²) in [6, 6.07) is 8.84. The van der Waals surface area contributed by atoms with Crippen LogP contribution in [-0.2, 0) is 16.2 Å². The van der Waals surface area contributed by atoms with E-state index in [2.05, 4.69) is 52.1 Å². The van der Waals surface area contributed by atoms with Gasteiger partial charge in [0.1, 0.15) is 0 Å². The highest BCUT2D eigenvalue weighted by molar-refractivity contribution is 7.85. The van der Waals surface area contributed by atoms with Crippen LogP contribution >= 0.6 is 0 Å². The van der Waals surface area contributed by atoms with Crippen molar-refractivity contribution in [2.45, 2.75) is 70.2 Å². The van der Waals surface area contributed by atoms with Crippen LogP contribution in [0.15, 0.2) is 29.2 Å². The van der Waals surface area contributed by atoms with E-state index in [1.807, 2.05) is 12.1 Å². The van der Waals surface area contributed by atoms with E-state index in [-0.39, 0.29) is 5.41 Å². The maximum atomic E-state index is 12.3. The first-order chi connectivity index (χ1) is 9.84. The fraction of sp³-hybridized carbons (Fsp3) is 0.667. The van der Waals surface area contributed by atoms with Gasteiger partial charge in [-0.25, -0.2) is 0 Å². The molecule has 0 spiro atoms. The first-order valence-electron chi connectivity index (χ1n) is 8.07. The zero-order valence-corrected chi connectivity index (χ0v) is 15.1. The van der Waals surface area contributed by atoms with Crippen molar-refractivity contribution in [1.82, 2.24) is 5.32 Å². The van der Waals surface area contributed by atoms with Crippen molar-refractivity contribution in [3.8, 4) is 0 Å². The summed E-state index contributed by atoms with van der Waals surface area (Å²) in [4.78, 5) is 0.961. The summed E-state index contributed by atoms with van der Waals surface area (Å²) in [5.41, 5.74) is 1.45. The predicted octanol–water partition coefficient (Wildman–Crippen LogP) is 4.26. The van der Waals surface area contributed by atoms with Crippen molar-refractivity contribution in [3.63, 3.8) is 0 Å². The molecule has 0 amide bonds. The van der Waals surface area contributed by atoms with Gasteiger partial charge in [-0.05, 0) is 49.4 Å². The number of rotatable bonds is 8. The fourth-order valence-electron chi connectivity index (χ4n) is 2.36. The van der Waals surface area contributed by atoms with E-state index in [0.29, 0.717) is 6.04 Å². The summed E-state index contributed by atoms with van der Waals surface area (Å²) >= 11 is 0. The molecule has 120 valence electrons. The van der Waals surface area contributed by atoms with Crippen LogP contribution in [0.2, 0.25) is 0 Å². The third-order valence-electron chi connectivity index (χ3n) is 3.75. The molecule has 0 aliphatic rings. The van der Waals surface area contributed by atoms with Gasteiger partial charge in [0.05, 0.1) is 10.8 Å².